The fraction of sp³-hybridized carbons (Fsp3) is 0.111. The number of nitrogens with two attached hydrogens (primary N) is 1. The molecule has 0 aromatic carbocycles. The van der Waals surface area contributed by atoms with Gasteiger partial charge in [0.2, 0.25) is 0 Å². The van der Waals surface area contributed by atoms with Gasteiger partial charge >= 0.3 is 0 Å². The van der Waals surface area contributed by atoms with Crippen LogP contribution >= 0.6 is 0 Å². The number of aliphatic hydroxyl groups excluding tert-OH is 1. The maximum atomic E-state index is 10.9. The number of hydrogen-bond acceptors (Lipinski definition) is 4. The van der Waals surface area contributed by atoms with Crippen LogP contribution in [0.25, 0.3) is 0 Å². The molecule has 14 heavy (non-hydrogen) atoms. The predicted octanol–water partition coefficient (Wildman–Crippen LogP) is -0.403. The number of aromatic nitrogens is 1. The molecule has 0 aliphatic carbocycles. The number of nitrogens with zero attached hydrogens (tertiary/aromatic N) is 2. The van der Waals surface area contributed by atoms with Crippen LogP contribution in [0.2, 0.25) is 0 Å². The minimum atomic E-state index is -0.672. The van der Waals surface area contributed by atoms with Crippen LogP contribution in [0.15, 0.2) is 12.3 Å². The van der Waals surface area contributed by atoms with Crippen LogP contribution in [-0.2, 0) is 0 Å². The zero-order chi connectivity index (χ0) is 10.6. The largest absolute Gasteiger partial charge is 0.396 e. The van der Waals surface area contributed by atoms with Crippen LogP contribution in [0.5, 0.6) is 0 Å². The molecule has 0 aliphatic rings. The Bertz CT molecular complexity index is 396. The molecule has 1 heterocycles. The number of amides is 1. The average Bonchev–Trinajstić information content (AvgIpc) is 2.18. The van der Waals surface area contributed by atoms with Crippen molar-refractivity contribution in [3.8, 4) is 6.07 Å². The topological polar surface area (TPSA) is 100 Å². The average molecular weight is 190 g/mol. The van der Waals surface area contributed by atoms with Gasteiger partial charge in [-0.05, 0) is 6.07 Å². The molecule has 0 aliphatic heterocycles. The summed E-state index contributed by atoms with van der Waals surface area (Å²) in [7, 11) is 0. The molecule has 1 radical (unpaired) electrons. The highest BCUT2D eigenvalue weighted by Crippen LogP contribution is 2.09. The summed E-state index contributed by atoms with van der Waals surface area (Å²) in [5, 5.41) is 17.2. The fourth-order valence-corrected chi connectivity index (χ4v) is 0.983. The van der Waals surface area contributed by atoms with Crippen molar-refractivity contribution in [2.75, 3.05) is 6.61 Å². The molecule has 5 nitrogen and oxygen atoms in total. The molecule has 0 bridgehead atoms. The molecule has 1 rings (SSSR count). The Hall–Kier alpha value is -1.93. The molecular formula is C9H8N3O2. The number of primary amides is 1. The smallest absolute Gasteiger partial charge is 0.250 e. The van der Waals surface area contributed by atoms with E-state index in [0.717, 1.165) is 0 Å². The van der Waals surface area contributed by atoms with Crippen LogP contribution < -0.4 is 5.73 Å². The second kappa shape index (κ2) is 4.35. The predicted molar refractivity (Wildman–Crippen MR) is 48.0 cm³/mol. The maximum absolute atomic E-state index is 10.9. The standard InChI is InChI=1S/C9H8N3O2/c10-4-6-3-7(9(11)14)8(1-2-13)12-5-6/h1,3,5,13H,2H2,(H2,11,14). The number of nitriles is 1. The number of pyridine rings is 1. The van der Waals surface area contributed by atoms with Crippen LogP contribution in [0, 0.1) is 17.8 Å². The fourth-order valence-electron chi connectivity index (χ4n) is 0.983. The summed E-state index contributed by atoms with van der Waals surface area (Å²) in [5.41, 5.74) is 5.76. The SMILES string of the molecule is N#Cc1cnc([CH]CO)c(C(N)=O)c1. The number of aliphatic hydroxyl groups is 1. The van der Waals surface area contributed by atoms with Crippen molar-refractivity contribution < 1.29 is 9.90 Å². The van der Waals surface area contributed by atoms with E-state index in [4.69, 9.17) is 16.1 Å². The number of carbonyl (C=O) groups excluding carboxylic acids is 1. The third-order valence-electron chi connectivity index (χ3n) is 1.60. The molecule has 0 fully saturated rings. The zero-order valence-electron chi connectivity index (χ0n) is 7.27. The molecule has 1 aromatic rings. The van der Waals surface area contributed by atoms with Gasteiger partial charge in [-0.25, -0.2) is 0 Å². The van der Waals surface area contributed by atoms with Crippen molar-refractivity contribution in [1.29, 1.82) is 5.26 Å². The van der Waals surface area contributed by atoms with Gasteiger partial charge in [0.1, 0.15) is 6.07 Å². The summed E-state index contributed by atoms with van der Waals surface area (Å²) in [5.74, 6) is -0.672. The van der Waals surface area contributed by atoms with E-state index < -0.39 is 5.91 Å². The molecule has 3 N–H and O–H groups in total. The van der Waals surface area contributed by atoms with Gasteiger partial charge in [0.25, 0.3) is 5.91 Å². The minimum absolute atomic E-state index is 0.137. The maximum Gasteiger partial charge on any atom is 0.250 e. The minimum Gasteiger partial charge on any atom is -0.396 e. The van der Waals surface area contributed by atoms with Crippen molar-refractivity contribution in [1.82, 2.24) is 4.98 Å². The second-order valence-corrected chi connectivity index (χ2v) is 2.52. The van der Waals surface area contributed by atoms with E-state index in [0.29, 0.717) is 5.69 Å². The summed E-state index contributed by atoms with van der Waals surface area (Å²) >= 11 is 0. The van der Waals surface area contributed by atoms with Gasteiger partial charge in [0, 0.05) is 12.6 Å². The van der Waals surface area contributed by atoms with E-state index in [2.05, 4.69) is 4.98 Å². The summed E-state index contributed by atoms with van der Waals surface area (Å²) in [6.07, 6.45) is 2.66. The molecule has 1 aromatic heterocycles. The monoisotopic (exact) mass is 190 g/mol. The lowest BCUT2D eigenvalue weighted by Crippen LogP contribution is -2.15. The Labute approximate surface area is 80.8 Å². The van der Waals surface area contributed by atoms with E-state index in [1.165, 1.54) is 18.7 Å². The van der Waals surface area contributed by atoms with Crippen molar-refractivity contribution in [3.63, 3.8) is 0 Å². The first-order valence-electron chi connectivity index (χ1n) is 3.83. The molecule has 1 amide bonds. The molecule has 0 spiro atoms. The number of hydrogen-bond donors (Lipinski definition) is 2. The summed E-state index contributed by atoms with van der Waals surface area (Å²) in [6, 6.07) is 3.19. The first-order valence-corrected chi connectivity index (χ1v) is 3.83. The van der Waals surface area contributed by atoms with E-state index in [-0.39, 0.29) is 17.7 Å². The lowest BCUT2D eigenvalue weighted by molar-refractivity contribution is 0.0999. The summed E-state index contributed by atoms with van der Waals surface area (Å²) in [6.45, 7) is -0.237. The van der Waals surface area contributed by atoms with E-state index in [1.54, 1.807) is 0 Å². The second-order valence-electron chi connectivity index (χ2n) is 2.52. The first-order chi connectivity index (χ1) is 6.69. The van der Waals surface area contributed by atoms with Crippen LogP contribution in [0.4, 0.5) is 0 Å². The van der Waals surface area contributed by atoms with Crippen molar-refractivity contribution in [2.24, 2.45) is 5.73 Å². The highest BCUT2D eigenvalue weighted by molar-refractivity contribution is 5.94. The molecule has 5 heteroatoms. The Morgan fingerprint density at radius 2 is 2.50 bits per heavy atom. The molecule has 71 valence electrons. The Morgan fingerprint density at radius 1 is 1.79 bits per heavy atom. The van der Waals surface area contributed by atoms with E-state index in [9.17, 15) is 4.79 Å². The van der Waals surface area contributed by atoms with Crippen molar-refractivity contribution in [3.05, 3.63) is 35.5 Å². The van der Waals surface area contributed by atoms with E-state index >= 15 is 0 Å². The van der Waals surface area contributed by atoms with Gasteiger partial charge in [-0.15, -0.1) is 0 Å². The molecular weight excluding hydrogens is 182 g/mol. The van der Waals surface area contributed by atoms with Crippen molar-refractivity contribution >= 4 is 5.91 Å². The Morgan fingerprint density at radius 3 is 3.00 bits per heavy atom. The zero-order valence-corrected chi connectivity index (χ0v) is 7.27. The van der Waals surface area contributed by atoms with Crippen LogP contribution in [0.3, 0.4) is 0 Å². The van der Waals surface area contributed by atoms with Gasteiger partial charge in [0.15, 0.2) is 0 Å². The lowest BCUT2D eigenvalue weighted by Gasteiger charge is -2.03. The molecule has 0 saturated heterocycles. The van der Waals surface area contributed by atoms with Gasteiger partial charge in [0.05, 0.1) is 23.4 Å². The van der Waals surface area contributed by atoms with Crippen LogP contribution in [-0.4, -0.2) is 22.6 Å². The first kappa shape index (κ1) is 10.2. The quantitative estimate of drug-likeness (QED) is 0.677. The number of carbonyl (C=O) groups is 1. The van der Waals surface area contributed by atoms with E-state index in [1.807, 2.05) is 6.07 Å². The third kappa shape index (κ3) is 2.06. The summed E-state index contributed by atoms with van der Waals surface area (Å²) < 4.78 is 0. The van der Waals surface area contributed by atoms with Gasteiger partial charge in [-0.2, -0.15) is 5.26 Å². The molecule has 0 saturated carbocycles. The molecule has 0 atom stereocenters. The van der Waals surface area contributed by atoms with Crippen molar-refractivity contribution in [2.45, 2.75) is 0 Å². The van der Waals surface area contributed by atoms with Gasteiger partial charge < -0.3 is 10.8 Å². The Balaban J connectivity index is 3.18. The van der Waals surface area contributed by atoms with Crippen LogP contribution in [0.1, 0.15) is 21.6 Å². The lowest BCUT2D eigenvalue weighted by atomic mass is 10.1. The van der Waals surface area contributed by atoms with Gasteiger partial charge in [-0.3, -0.25) is 9.78 Å². The Kier molecular flexibility index (Phi) is 3.15. The normalized spacial score (nSPS) is 9.43. The third-order valence-corrected chi connectivity index (χ3v) is 1.60. The van der Waals surface area contributed by atoms with Gasteiger partial charge in [-0.1, -0.05) is 0 Å². The molecule has 0 unspecified atom stereocenters. The number of rotatable bonds is 3. The summed E-state index contributed by atoms with van der Waals surface area (Å²) in [4.78, 5) is 14.8. The highest BCUT2D eigenvalue weighted by Gasteiger charge is 2.10. The highest BCUT2D eigenvalue weighted by atomic mass is 16.3.